The smallest absolute Gasteiger partial charge is 0.222 e. The van der Waals surface area contributed by atoms with Crippen molar-refractivity contribution in [3.63, 3.8) is 0 Å². The number of pyridine rings is 1. The van der Waals surface area contributed by atoms with Crippen LogP contribution < -0.4 is 0 Å². The molecule has 0 aliphatic carbocycles. The van der Waals surface area contributed by atoms with Gasteiger partial charge in [0.1, 0.15) is 5.65 Å². The highest BCUT2D eigenvalue weighted by molar-refractivity contribution is 5.92. The van der Waals surface area contributed by atoms with Crippen LogP contribution in [-0.2, 0) is 17.8 Å². The van der Waals surface area contributed by atoms with Crippen LogP contribution in [0.1, 0.15) is 29.1 Å². The van der Waals surface area contributed by atoms with Gasteiger partial charge in [-0.2, -0.15) is 5.10 Å². The summed E-state index contributed by atoms with van der Waals surface area (Å²) >= 11 is 0. The molecule has 6 rings (SSSR count). The molecular weight excluding hydrogens is 438 g/mol. The molecule has 5 aromatic rings. The van der Waals surface area contributed by atoms with Crippen molar-refractivity contribution in [2.24, 2.45) is 0 Å². The van der Waals surface area contributed by atoms with Crippen molar-refractivity contribution in [3.8, 4) is 0 Å². The number of hydrogen-bond donors (Lipinski definition) is 0. The monoisotopic (exact) mass is 467 g/mol. The molecule has 178 valence electrons. The number of nitrogens with zero attached hydrogens (tertiary/aromatic N) is 7. The van der Waals surface area contributed by atoms with Crippen molar-refractivity contribution < 1.29 is 4.79 Å². The Morgan fingerprint density at radius 2 is 1.77 bits per heavy atom. The number of aromatic nitrogens is 5. The number of imidazole rings is 1. The van der Waals surface area contributed by atoms with E-state index in [-0.39, 0.29) is 5.91 Å². The lowest BCUT2D eigenvalue weighted by Crippen LogP contribution is -2.48. The topological polar surface area (TPSA) is 71.0 Å². The molecule has 1 aliphatic heterocycles. The number of piperazine rings is 1. The maximum Gasteiger partial charge on any atom is 0.222 e. The molecule has 8 nitrogen and oxygen atoms in total. The summed E-state index contributed by atoms with van der Waals surface area (Å²) in [6.45, 7) is 8.16. The lowest BCUT2D eigenvalue weighted by atomic mass is 10.1. The molecule has 5 heterocycles. The van der Waals surface area contributed by atoms with Crippen LogP contribution in [0.2, 0.25) is 0 Å². The number of rotatable bonds is 5. The van der Waals surface area contributed by atoms with Crippen molar-refractivity contribution in [2.45, 2.75) is 33.2 Å². The van der Waals surface area contributed by atoms with E-state index >= 15 is 0 Å². The van der Waals surface area contributed by atoms with Gasteiger partial charge in [0.2, 0.25) is 5.91 Å². The van der Waals surface area contributed by atoms with Gasteiger partial charge in [-0.05, 0) is 50.1 Å². The van der Waals surface area contributed by atoms with Gasteiger partial charge in [-0.3, -0.25) is 9.69 Å². The number of carbonyl (C=O) groups is 1. The molecule has 1 saturated heterocycles. The largest absolute Gasteiger partial charge is 0.340 e. The van der Waals surface area contributed by atoms with Crippen LogP contribution in [-0.4, -0.2) is 65.9 Å². The van der Waals surface area contributed by atoms with E-state index in [1.165, 1.54) is 0 Å². The van der Waals surface area contributed by atoms with Crippen molar-refractivity contribution >= 4 is 28.1 Å². The van der Waals surface area contributed by atoms with Gasteiger partial charge in [0.25, 0.3) is 0 Å². The fourth-order valence-electron chi connectivity index (χ4n) is 5.18. The maximum absolute atomic E-state index is 13.0. The average Bonchev–Trinajstić information content (AvgIpc) is 3.45. The summed E-state index contributed by atoms with van der Waals surface area (Å²) in [5.74, 6) is 0.210. The van der Waals surface area contributed by atoms with E-state index in [9.17, 15) is 4.79 Å². The molecule has 0 unspecified atom stereocenters. The predicted molar refractivity (Wildman–Crippen MR) is 135 cm³/mol. The zero-order chi connectivity index (χ0) is 23.9. The normalized spacial score (nSPS) is 15.0. The highest BCUT2D eigenvalue weighted by Gasteiger charge is 2.22. The Kier molecular flexibility index (Phi) is 5.45. The quantitative estimate of drug-likeness (QED) is 0.396. The number of amides is 1. The zero-order valence-electron chi connectivity index (χ0n) is 20.2. The van der Waals surface area contributed by atoms with E-state index in [0.29, 0.717) is 12.8 Å². The van der Waals surface area contributed by atoms with E-state index in [1.54, 1.807) is 0 Å². The van der Waals surface area contributed by atoms with E-state index in [1.807, 2.05) is 58.9 Å². The summed E-state index contributed by atoms with van der Waals surface area (Å²) in [5.41, 5.74) is 7.02. The zero-order valence-corrected chi connectivity index (χ0v) is 20.2. The second-order valence-corrected chi connectivity index (χ2v) is 9.37. The minimum atomic E-state index is 0.210. The first-order chi connectivity index (χ1) is 17.1. The van der Waals surface area contributed by atoms with Crippen molar-refractivity contribution in [2.75, 3.05) is 26.2 Å². The Morgan fingerprint density at radius 1 is 0.971 bits per heavy atom. The summed E-state index contributed by atoms with van der Waals surface area (Å²) < 4.78 is 3.98. The molecule has 0 N–H and O–H groups in total. The molecule has 8 heteroatoms. The summed E-state index contributed by atoms with van der Waals surface area (Å²) in [6.07, 6.45) is 5.28. The van der Waals surface area contributed by atoms with Gasteiger partial charge >= 0.3 is 0 Å². The lowest BCUT2D eigenvalue weighted by Gasteiger charge is -2.34. The number of aryl methyl sites for hydroxylation is 2. The molecule has 0 radical (unpaired) electrons. The third-order valence-corrected chi connectivity index (χ3v) is 7.13. The van der Waals surface area contributed by atoms with Gasteiger partial charge < -0.3 is 9.30 Å². The molecule has 35 heavy (non-hydrogen) atoms. The van der Waals surface area contributed by atoms with Crippen LogP contribution in [0.15, 0.2) is 54.9 Å². The number of benzene rings is 1. The van der Waals surface area contributed by atoms with Gasteiger partial charge in [0.05, 0.1) is 11.2 Å². The van der Waals surface area contributed by atoms with Gasteiger partial charge in [-0.15, -0.1) is 0 Å². The molecule has 4 aromatic heterocycles. The van der Waals surface area contributed by atoms with Crippen LogP contribution in [0.3, 0.4) is 0 Å². The van der Waals surface area contributed by atoms with Crippen LogP contribution in [0.4, 0.5) is 0 Å². The molecule has 1 amide bonds. The van der Waals surface area contributed by atoms with Gasteiger partial charge in [-0.25, -0.2) is 14.5 Å². The highest BCUT2D eigenvalue weighted by atomic mass is 16.2. The van der Waals surface area contributed by atoms with E-state index in [4.69, 9.17) is 15.1 Å². The molecule has 1 fully saturated rings. The Bertz CT molecular complexity index is 1510. The Labute approximate surface area is 203 Å². The average molecular weight is 468 g/mol. The Hall–Kier alpha value is -3.78. The van der Waals surface area contributed by atoms with E-state index in [0.717, 1.165) is 77.6 Å². The molecule has 0 atom stereocenters. The van der Waals surface area contributed by atoms with Crippen molar-refractivity contribution in [3.05, 3.63) is 77.5 Å². The minimum Gasteiger partial charge on any atom is -0.340 e. The molecule has 0 saturated carbocycles. The van der Waals surface area contributed by atoms with E-state index < -0.39 is 0 Å². The maximum atomic E-state index is 13.0. The number of fused-ring (bicyclic) bond motifs is 4. The van der Waals surface area contributed by atoms with Crippen LogP contribution in [0.25, 0.3) is 22.2 Å². The second kappa shape index (κ2) is 8.78. The summed E-state index contributed by atoms with van der Waals surface area (Å²) in [7, 11) is 0. The fourth-order valence-corrected chi connectivity index (χ4v) is 5.18. The standard InChI is InChI=1S/C27H29N7O/c1-19-22(20(2)34-27(28-19)23-7-3-4-8-24(23)30-34)10-11-26(35)32-15-13-31(14-16-32)17-21-18-33-12-6-5-9-25(33)29-21/h3-9,12,18H,10-11,13-17H2,1-2H3. The predicted octanol–water partition coefficient (Wildman–Crippen LogP) is 3.42. The number of carbonyl (C=O) groups excluding carboxylic acids is 1. The van der Waals surface area contributed by atoms with Crippen LogP contribution >= 0.6 is 0 Å². The van der Waals surface area contributed by atoms with Crippen molar-refractivity contribution in [1.29, 1.82) is 0 Å². The first-order valence-electron chi connectivity index (χ1n) is 12.2. The van der Waals surface area contributed by atoms with Gasteiger partial charge in [0.15, 0.2) is 5.65 Å². The third-order valence-electron chi connectivity index (χ3n) is 7.13. The molecular formula is C27H29N7O. The summed E-state index contributed by atoms with van der Waals surface area (Å²) in [5, 5.41) is 5.79. The summed E-state index contributed by atoms with van der Waals surface area (Å²) in [4.78, 5) is 26.9. The molecule has 1 aromatic carbocycles. The number of hydrogen-bond acceptors (Lipinski definition) is 5. The van der Waals surface area contributed by atoms with Gasteiger partial charge in [-0.1, -0.05) is 18.2 Å². The third kappa shape index (κ3) is 4.04. The van der Waals surface area contributed by atoms with Crippen LogP contribution in [0, 0.1) is 13.8 Å². The lowest BCUT2D eigenvalue weighted by molar-refractivity contribution is -0.133. The van der Waals surface area contributed by atoms with Gasteiger partial charge in [0, 0.05) is 68.3 Å². The second-order valence-electron chi connectivity index (χ2n) is 9.37. The Balaban J connectivity index is 1.08. The minimum absolute atomic E-state index is 0.210. The highest BCUT2D eigenvalue weighted by Crippen LogP contribution is 2.23. The summed E-state index contributed by atoms with van der Waals surface area (Å²) in [6, 6.07) is 14.1. The molecule has 0 spiro atoms. The van der Waals surface area contributed by atoms with E-state index in [2.05, 4.69) is 28.5 Å². The van der Waals surface area contributed by atoms with Crippen LogP contribution in [0.5, 0.6) is 0 Å². The SMILES string of the molecule is Cc1nc2c3ccccc3nn2c(C)c1CCC(=O)N1CCN(Cc2cn3ccccc3n2)CC1. The first-order valence-corrected chi connectivity index (χ1v) is 12.2. The fraction of sp³-hybridized carbons (Fsp3) is 0.333. The first kappa shape index (κ1) is 21.7. The molecule has 1 aliphatic rings. The Morgan fingerprint density at radius 3 is 2.60 bits per heavy atom. The van der Waals surface area contributed by atoms with Crippen molar-refractivity contribution in [1.82, 2.24) is 33.8 Å². The molecule has 0 bridgehead atoms.